The molecule has 4 aliphatic rings. The van der Waals surface area contributed by atoms with Gasteiger partial charge in [-0.3, -0.25) is 24.1 Å². The number of carbonyl (C=O) groups is 4. The molecular formula is C32H28Cl2N2O4. The Kier molecular flexibility index (Phi) is 6.59. The van der Waals surface area contributed by atoms with E-state index in [-0.39, 0.29) is 36.5 Å². The van der Waals surface area contributed by atoms with Gasteiger partial charge in [-0.2, -0.15) is 0 Å². The van der Waals surface area contributed by atoms with E-state index in [0.29, 0.717) is 30.5 Å². The van der Waals surface area contributed by atoms with Crippen LogP contribution in [-0.2, 0) is 24.1 Å². The van der Waals surface area contributed by atoms with Gasteiger partial charge in [0.05, 0.1) is 11.8 Å². The molecule has 2 bridgehead atoms. The number of amides is 3. The van der Waals surface area contributed by atoms with E-state index < -0.39 is 21.6 Å². The minimum Gasteiger partial charge on any atom is -0.326 e. The minimum atomic E-state index is -1.17. The zero-order valence-electron chi connectivity index (χ0n) is 22.0. The Balaban J connectivity index is 1.14. The van der Waals surface area contributed by atoms with Crippen LogP contribution in [-0.4, -0.2) is 34.9 Å². The maximum absolute atomic E-state index is 13.8. The summed E-state index contributed by atoms with van der Waals surface area (Å²) in [5.41, 5.74) is 4.26. The monoisotopic (exact) mass is 574 g/mol. The van der Waals surface area contributed by atoms with Crippen LogP contribution in [0.2, 0.25) is 0 Å². The number of hydrogen-bond donors (Lipinski definition) is 1. The lowest BCUT2D eigenvalue weighted by Crippen LogP contribution is -2.57. The van der Waals surface area contributed by atoms with E-state index in [2.05, 4.69) is 5.32 Å². The first-order valence-corrected chi connectivity index (χ1v) is 14.3. The molecule has 7 rings (SSSR count). The molecule has 1 heterocycles. The highest BCUT2D eigenvalue weighted by atomic mass is 35.5. The highest BCUT2D eigenvalue weighted by Crippen LogP contribution is 2.69. The number of halogens is 2. The maximum Gasteiger partial charge on any atom is 0.235 e. The summed E-state index contributed by atoms with van der Waals surface area (Å²) in [7, 11) is 0. The van der Waals surface area contributed by atoms with Crippen LogP contribution in [0.15, 0.2) is 72.8 Å². The van der Waals surface area contributed by atoms with Crippen molar-refractivity contribution in [1.29, 1.82) is 0 Å². The van der Waals surface area contributed by atoms with E-state index in [9.17, 15) is 19.2 Å². The maximum atomic E-state index is 13.8. The Morgan fingerprint density at radius 1 is 0.775 bits per heavy atom. The second kappa shape index (κ2) is 9.86. The van der Waals surface area contributed by atoms with Crippen molar-refractivity contribution >= 4 is 52.4 Å². The first kappa shape index (κ1) is 26.7. The van der Waals surface area contributed by atoms with Gasteiger partial charge in [-0.25, -0.2) is 0 Å². The fraction of sp³-hybridized carbons (Fsp3) is 0.312. The highest BCUT2D eigenvalue weighted by molar-refractivity contribution is 6.36. The van der Waals surface area contributed by atoms with Crippen molar-refractivity contribution in [2.45, 2.75) is 42.4 Å². The van der Waals surface area contributed by atoms with E-state index in [1.807, 2.05) is 48.5 Å². The molecule has 6 nitrogen and oxygen atoms in total. The number of Topliss-reactive ketones (excluding diaryl/α,β-unsaturated/α-hetero) is 1. The van der Waals surface area contributed by atoms with Crippen molar-refractivity contribution in [1.82, 2.24) is 4.90 Å². The fourth-order valence-corrected chi connectivity index (χ4v) is 7.81. The van der Waals surface area contributed by atoms with E-state index in [1.165, 1.54) is 11.8 Å². The fourth-order valence-electron chi connectivity index (χ4n) is 6.72. The second-order valence-corrected chi connectivity index (χ2v) is 12.0. The van der Waals surface area contributed by atoms with E-state index in [4.69, 9.17) is 23.2 Å². The summed E-state index contributed by atoms with van der Waals surface area (Å²) in [6, 6.07) is 22.0. The van der Waals surface area contributed by atoms with Gasteiger partial charge in [-0.05, 0) is 54.2 Å². The molecule has 0 saturated carbocycles. The number of nitrogens with one attached hydrogen (secondary N) is 1. The van der Waals surface area contributed by atoms with Crippen molar-refractivity contribution in [2.24, 2.45) is 11.8 Å². The summed E-state index contributed by atoms with van der Waals surface area (Å²) in [6.45, 7) is 1.73. The Bertz CT molecular complexity index is 1450. The molecule has 0 radical (unpaired) electrons. The number of nitrogens with zero attached hydrogens (tertiary/aromatic N) is 1. The Morgan fingerprint density at radius 3 is 1.80 bits per heavy atom. The Morgan fingerprint density at radius 2 is 1.30 bits per heavy atom. The third kappa shape index (κ3) is 3.84. The molecule has 1 fully saturated rings. The number of alkyl halides is 2. The van der Waals surface area contributed by atoms with Gasteiger partial charge in [0, 0.05) is 24.2 Å². The molecule has 0 spiro atoms. The largest absolute Gasteiger partial charge is 0.326 e. The number of rotatable bonds is 8. The Hall–Kier alpha value is -3.48. The van der Waals surface area contributed by atoms with Gasteiger partial charge >= 0.3 is 0 Å². The summed E-state index contributed by atoms with van der Waals surface area (Å²) in [4.78, 5) is 50.6. The molecule has 0 aromatic heterocycles. The predicted octanol–water partition coefficient (Wildman–Crippen LogP) is 5.98. The van der Waals surface area contributed by atoms with Crippen LogP contribution >= 0.6 is 23.2 Å². The molecule has 1 aliphatic heterocycles. The minimum absolute atomic E-state index is 0.0668. The molecule has 0 unspecified atom stereocenters. The van der Waals surface area contributed by atoms with Crippen LogP contribution in [0.5, 0.6) is 0 Å². The Labute approximate surface area is 242 Å². The zero-order chi connectivity index (χ0) is 28.2. The number of likely N-dealkylation sites (tertiary alicyclic amines) is 1. The van der Waals surface area contributed by atoms with Gasteiger partial charge in [-0.1, -0.05) is 67.1 Å². The molecule has 40 heavy (non-hydrogen) atoms. The van der Waals surface area contributed by atoms with Crippen molar-refractivity contribution in [3.63, 3.8) is 0 Å². The third-order valence-electron chi connectivity index (χ3n) is 8.52. The number of benzene rings is 3. The van der Waals surface area contributed by atoms with E-state index >= 15 is 0 Å². The lowest BCUT2D eigenvalue weighted by Gasteiger charge is -2.54. The molecule has 1 saturated heterocycles. The van der Waals surface area contributed by atoms with Crippen LogP contribution in [0.4, 0.5) is 5.69 Å². The summed E-state index contributed by atoms with van der Waals surface area (Å²) in [6.07, 6.45) is 2.11. The topological polar surface area (TPSA) is 83.6 Å². The third-order valence-corrected chi connectivity index (χ3v) is 9.80. The predicted molar refractivity (Wildman–Crippen MR) is 153 cm³/mol. The lowest BCUT2D eigenvalue weighted by atomic mass is 9.54. The number of imide groups is 1. The standard InChI is InChI=1S/C32H28Cl2N2O4/c1-19(37)20-10-9-11-21(18-20)35-26(38)16-3-2-8-17-36-29(39)27-28(30(36)40)32(34)23-13-5-4-12-22(23)31(27,33)24-14-6-7-15-25(24)32/h4-7,9-15,18,27-28H,2-3,8,16-17H2,1H3,(H,35,38)/t27-,28+,31?,32?. The number of unbranched alkanes of at least 4 members (excludes halogenated alkanes) is 2. The van der Waals surface area contributed by atoms with Crippen molar-refractivity contribution in [3.8, 4) is 0 Å². The average Bonchev–Trinajstić information content (AvgIpc) is 3.22. The molecular weight excluding hydrogens is 547 g/mol. The van der Waals surface area contributed by atoms with Gasteiger partial charge in [-0.15, -0.1) is 23.2 Å². The SMILES string of the molecule is CC(=O)c1cccc(NC(=O)CCCCCN2C(=O)[C@@H]3[C@H](C2=O)C2(Cl)c4ccccc4C3(Cl)c3ccccc32)c1. The summed E-state index contributed by atoms with van der Waals surface area (Å²) < 4.78 is 0. The molecule has 1 N–H and O–H groups in total. The van der Waals surface area contributed by atoms with Crippen molar-refractivity contribution < 1.29 is 19.2 Å². The van der Waals surface area contributed by atoms with Crippen molar-refractivity contribution in [2.75, 3.05) is 11.9 Å². The summed E-state index contributed by atoms with van der Waals surface area (Å²) in [5.74, 6) is -2.38. The number of hydrogen-bond acceptors (Lipinski definition) is 4. The first-order chi connectivity index (χ1) is 19.2. The molecule has 2 atom stereocenters. The van der Waals surface area contributed by atoms with Gasteiger partial charge in [0.25, 0.3) is 0 Å². The first-order valence-electron chi connectivity index (χ1n) is 13.5. The van der Waals surface area contributed by atoms with Gasteiger partial charge in [0.1, 0.15) is 9.75 Å². The smallest absolute Gasteiger partial charge is 0.235 e. The van der Waals surface area contributed by atoms with Crippen molar-refractivity contribution in [3.05, 3.63) is 101 Å². The molecule has 3 aromatic carbocycles. The summed E-state index contributed by atoms with van der Waals surface area (Å²) >= 11 is 14.9. The van der Waals surface area contributed by atoms with Crippen LogP contribution in [0.25, 0.3) is 0 Å². The van der Waals surface area contributed by atoms with Crippen LogP contribution in [0, 0.1) is 11.8 Å². The van der Waals surface area contributed by atoms with Crippen LogP contribution in [0.1, 0.15) is 65.2 Å². The van der Waals surface area contributed by atoms with Crippen LogP contribution < -0.4 is 5.32 Å². The zero-order valence-corrected chi connectivity index (χ0v) is 23.5. The van der Waals surface area contributed by atoms with E-state index in [0.717, 1.165) is 22.3 Å². The molecule has 8 heteroatoms. The number of ketones is 1. The van der Waals surface area contributed by atoms with Gasteiger partial charge in [0.2, 0.25) is 17.7 Å². The molecule has 3 aliphatic carbocycles. The summed E-state index contributed by atoms with van der Waals surface area (Å²) in [5, 5.41) is 2.82. The molecule has 3 aromatic rings. The molecule has 204 valence electrons. The molecule has 3 amide bonds. The second-order valence-electron chi connectivity index (χ2n) is 10.8. The van der Waals surface area contributed by atoms with Gasteiger partial charge < -0.3 is 5.32 Å². The lowest BCUT2D eigenvalue weighted by molar-refractivity contribution is -0.140. The van der Waals surface area contributed by atoms with Gasteiger partial charge in [0.15, 0.2) is 5.78 Å². The number of anilines is 1. The highest BCUT2D eigenvalue weighted by Gasteiger charge is 2.72. The quantitative estimate of drug-likeness (QED) is 0.155. The van der Waals surface area contributed by atoms with Crippen LogP contribution in [0.3, 0.4) is 0 Å². The normalized spacial score (nSPS) is 25.8. The number of carbonyl (C=O) groups excluding carboxylic acids is 4. The average molecular weight is 575 g/mol. The van der Waals surface area contributed by atoms with E-state index in [1.54, 1.807) is 24.3 Å².